The standard InChI is InChI=1S/C15H15FN2O3S/c1-8(14(21)18-11-5-3-10(16)4-6-11)15-17-9(2)12(22-15)7-13(19)20/h3-6,8H,7H2,1-2H3,(H,18,21)(H,19,20). The predicted molar refractivity (Wildman–Crippen MR) is 81.6 cm³/mol. The van der Waals surface area contributed by atoms with Gasteiger partial charge in [-0.15, -0.1) is 11.3 Å². The number of carbonyl (C=O) groups excluding carboxylic acids is 1. The van der Waals surface area contributed by atoms with Crippen LogP contribution >= 0.6 is 11.3 Å². The minimum atomic E-state index is -0.929. The van der Waals surface area contributed by atoms with Crippen LogP contribution < -0.4 is 5.32 Å². The van der Waals surface area contributed by atoms with Crippen LogP contribution in [0.5, 0.6) is 0 Å². The topological polar surface area (TPSA) is 79.3 Å². The third-order valence-electron chi connectivity index (χ3n) is 3.10. The Morgan fingerprint density at radius 3 is 2.59 bits per heavy atom. The molecule has 22 heavy (non-hydrogen) atoms. The van der Waals surface area contributed by atoms with E-state index in [1.165, 1.54) is 35.6 Å². The molecule has 0 spiro atoms. The van der Waals surface area contributed by atoms with E-state index >= 15 is 0 Å². The number of benzene rings is 1. The van der Waals surface area contributed by atoms with Gasteiger partial charge in [0.2, 0.25) is 5.91 Å². The van der Waals surface area contributed by atoms with E-state index in [4.69, 9.17) is 5.11 Å². The maximum Gasteiger partial charge on any atom is 0.308 e. The molecule has 1 aromatic heterocycles. The van der Waals surface area contributed by atoms with Gasteiger partial charge in [0, 0.05) is 10.6 Å². The van der Waals surface area contributed by atoms with Crippen molar-refractivity contribution in [3.05, 3.63) is 45.7 Å². The van der Waals surface area contributed by atoms with Gasteiger partial charge in [0.1, 0.15) is 10.8 Å². The number of aromatic nitrogens is 1. The van der Waals surface area contributed by atoms with Gasteiger partial charge in [-0.25, -0.2) is 9.37 Å². The number of hydrogen-bond acceptors (Lipinski definition) is 4. The molecule has 0 aliphatic rings. The molecule has 1 atom stereocenters. The normalized spacial score (nSPS) is 12.0. The lowest BCUT2D eigenvalue weighted by molar-refractivity contribution is -0.136. The average Bonchev–Trinajstić information content (AvgIpc) is 2.81. The summed E-state index contributed by atoms with van der Waals surface area (Å²) in [7, 11) is 0. The van der Waals surface area contributed by atoms with Crippen LogP contribution in [-0.2, 0) is 16.0 Å². The second-order valence-corrected chi connectivity index (χ2v) is 5.96. The molecule has 1 heterocycles. The third-order valence-corrected chi connectivity index (χ3v) is 4.44. The van der Waals surface area contributed by atoms with E-state index in [2.05, 4.69) is 10.3 Å². The molecule has 0 bridgehead atoms. The fourth-order valence-corrected chi connectivity index (χ4v) is 2.94. The highest BCUT2D eigenvalue weighted by Gasteiger charge is 2.21. The molecular weight excluding hydrogens is 307 g/mol. The van der Waals surface area contributed by atoms with Crippen LogP contribution in [0.2, 0.25) is 0 Å². The Morgan fingerprint density at radius 2 is 2.00 bits per heavy atom. The molecular formula is C15H15FN2O3S. The molecule has 0 aliphatic heterocycles. The number of halogens is 1. The molecule has 0 fully saturated rings. The number of carboxylic acid groups (broad SMARTS) is 1. The van der Waals surface area contributed by atoms with E-state index in [0.29, 0.717) is 21.3 Å². The van der Waals surface area contributed by atoms with Crippen molar-refractivity contribution in [1.29, 1.82) is 0 Å². The molecule has 1 amide bonds. The Bertz CT molecular complexity index is 697. The first-order valence-electron chi connectivity index (χ1n) is 6.61. The molecule has 7 heteroatoms. The fraction of sp³-hybridized carbons (Fsp3) is 0.267. The Morgan fingerprint density at radius 1 is 1.36 bits per heavy atom. The van der Waals surface area contributed by atoms with Crippen molar-refractivity contribution in [2.75, 3.05) is 5.32 Å². The smallest absolute Gasteiger partial charge is 0.308 e. The van der Waals surface area contributed by atoms with E-state index < -0.39 is 11.9 Å². The summed E-state index contributed by atoms with van der Waals surface area (Å²) in [6.07, 6.45) is -0.101. The van der Waals surface area contributed by atoms with Gasteiger partial charge in [-0.2, -0.15) is 0 Å². The van der Waals surface area contributed by atoms with E-state index in [0.717, 1.165) is 0 Å². The predicted octanol–water partition coefficient (Wildman–Crippen LogP) is 2.96. The molecule has 2 rings (SSSR count). The Balaban J connectivity index is 2.10. The van der Waals surface area contributed by atoms with Crippen molar-refractivity contribution in [1.82, 2.24) is 4.98 Å². The van der Waals surface area contributed by atoms with Gasteiger partial charge in [0.15, 0.2) is 0 Å². The summed E-state index contributed by atoms with van der Waals surface area (Å²) in [5.74, 6) is -2.10. The first-order valence-corrected chi connectivity index (χ1v) is 7.43. The maximum atomic E-state index is 12.8. The average molecular weight is 322 g/mol. The minimum Gasteiger partial charge on any atom is -0.481 e. The molecule has 5 nitrogen and oxygen atoms in total. The number of aliphatic carboxylic acids is 1. The summed E-state index contributed by atoms with van der Waals surface area (Å²) >= 11 is 1.22. The highest BCUT2D eigenvalue weighted by atomic mass is 32.1. The van der Waals surface area contributed by atoms with Crippen LogP contribution in [0.1, 0.15) is 28.4 Å². The summed E-state index contributed by atoms with van der Waals surface area (Å²) in [4.78, 5) is 27.9. The molecule has 0 saturated heterocycles. The second kappa shape index (κ2) is 6.65. The van der Waals surface area contributed by atoms with Crippen LogP contribution in [0, 0.1) is 12.7 Å². The molecule has 0 aliphatic carbocycles. The van der Waals surface area contributed by atoms with E-state index in [-0.39, 0.29) is 18.1 Å². The first kappa shape index (κ1) is 16.1. The largest absolute Gasteiger partial charge is 0.481 e. The van der Waals surface area contributed by atoms with Gasteiger partial charge < -0.3 is 10.4 Å². The van der Waals surface area contributed by atoms with Crippen molar-refractivity contribution >= 4 is 28.9 Å². The number of nitrogens with zero attached hydrogens (tertiary/aromatic N) is 1. The lowest BCUT2D eigenvalue weighted by atomic mass is 10.1. The molecule has 2 aromatic rings. The zero-order valence-corrected chi connectivity index (χ0v) is 12.9. The zero-order chi connectivity index (χ0) is 16.3. The van der Waals surface area contributed by atoms with Crippen LogP contribution in [0.15, 0.2) is 24.3 Å². The molecule has 1 aromatic carbocycles. The Labute approximate surface area is 130 Å². The Kier molecular flexibility index (Phi) is 4.87. The van der Waals surface area contributed by atoms with E-state index in [9.17, 15) is 14.0 Å². The van der Waals surface area contributed by atoms with Gasteiger partial charge in [-0.1, -0.05) is 0 Å². The highest BCUT2D eigenvalue weighted by molar-refractivity contribution is 7.12. The monoisotopic (exact) mass is 322 g/mol. The van der Waals surface area contributed by atoms with Crippen LogP contribution in [0.25, 0.3) is 0 Å². The lowest BCUT2D eigenvalue weighted by Crippen LogP contribution is -2.18. The number of hydrogen-bond donors (Lipinski definition) is 2. The number of carboxylic acids is 1. The molecule has 0 radical (unpaired) electrons. The molecule has 1 unspecified atom stereocenters. The Hall–Kier alpha value is -2.28. The van der Waals surface area contributed by atoms with Crippen molar-refractivity contribution in [3.63, 3.8) is 0 Å². The second-order valence-electron chi connectivity index (χ2n) is 4.85. The van der Waals surface area contributed by atoms with Gasteiger partial charge in [0.05, 0.1) is 18.0 Å². The lowest BCUT2D eigenvalue weighted by Gasteiger charge is -2.09. The molecule has 116 valence electrons. The van der Waals surface area contributed by atoms with E-state index in [1.54, 1.807) is 13.8 Å². The van der Waals surface area contributed by atoms with Gasteiger partial charge in [-0.05, 0) is 38.1 Å². The fourth-order valence-electron chi connectivity index (χ4n) is 1.83. The number of aryl methyl sites for hydroxylation is 1. The number of nitrogens with one attached hydrogen (secondary N) is 1. The summed E-state index contributed by atoms with van der Waals surface area (Å²) in [6, 6.07) is 5.48. The summed E-state index contributed by atoms with van der Waals surface area (Å²) in [5, 5.41) is 12.1. The first-order chi connectivity index (χ1) is 10.4. The van der Waals surface area contributed by atoms with Crippen molar-refractivity contribution in [2.45, 2.75) is 26.2 Å². The minimum absolute atomic E-state index is 0.101. The SMILES string of the molecule is Cc1nc(C(C)C(=O)Nc2ccc(F)cc2)sc1CC(=O)O. The van der Waals surface area contributed by atoms with Crippen LogP contribution in [0.4, 0.5) is 10.1 Å². The van der Waals surface area contributed by atoms with Gasteiger partial charge in [-0.3, -0.25) is 9.59 Å². The quantitative estimate of drug-likeness (QED) is 0.887. The summed E-state index contributed by atoms with van der Waals surface area (Å²) < 4.78 is 12.8. The van der Waals surface area contributed by atoms with Crippen molar-refractivity contribution in [2.24, 2.45) is 0 Å². The summed E-state index contributed by atoms with van der Waals surface area (Å²) in [5.41, 5.74) is 1.13. The van der Waals surface area contributed by atoms with Crippen LogP contribution in [0.3, 0.4) is 0 Å². The maximum absolute atomic E-state index is 12.8. The third kappa shape index (κ3) is 3.88. The van der Waals surface area contributed by atoms with Crippen LogP contribution in [-0.4, -0.2) is 22.0 Å². The number of rotatable bonds is 5. The van der Waals surface area contributed by atoms with E-state index in [1.807, 2.05) is 0 Å². The van der Waals surface area contributed by atoms with Crippen molar-refractivity contribution in [3.8, 4) is 0 Å². The highest BCUT2D eigenvalue weighted by Crippen LogP contribution is 2.26. The molecule has 2 N–H and O–H groups in total. The number of amides is 1. The molecule has 0 saturated carbocycles. The summed E-state index contributed by atoms with van der Waals surface area (Å²) in [6.45, 7) is 3.42. The van der Waals surface area contributed by atoms with Gasteiger partial charge >= 0.3 is 5.97 Å². The van der Waals surface area contributed by atoms with Crippen molar-refractivity contribution < 1.29 is 19.1 Å². The van der Waals surface area contributed by atoms with Gasteiger partial charge in [0.25, 0.3) is 0 Å². The number of thiazole rings is 1. The number of anilines is 1. The zero-order valence-electron chi connectivity index (χ0n) is 12.1. The number of carbonyl (C=O) groups is 2.